The zero-order valence-electron chi connectivity index (χ0n) is 19.6. The molecule has 2 aromatic rings. The Morgan fingerprint density at radius 1 is 1.09 bits per heavy atom. The van der Waals surface area contributed by atoms with Gasteiger partial charge in [-0.25, -0.2) is 9.18 Å². The Labute approximate surface area is 199 Å². The van der Waals surface area contributed by atoms with E-state index in [2.05, 4.69) is 10.6 Å². The van der Waals surface area contributed by atoms with Crippen LogP contribution in [0.1, 0.15) is 37.8 Å². The SMILES string of the molecule is CCC(C)C(=O)N1Cc2ccccc2CC1C(=O)N1CCC(NC(=O)Nc2ccc(F)cc2)C1. The Hall–Kier alpha value is -3.42. The number of amides is 4. The largest absolute Gasteiger partial charge is 0.339 e. The third-order valence-electron chi connectivity index (χ3n) is 6.79. The van der Waals surface area contributed by atoms with Crippen LogP contribution in [0.5, 0.6) is 0 Å². The van der Waals surface area contributed by atoms with E-state index in [0.717, 1.165) is 17.5 Å². The fourth-order valence-electron chi connectivity index (χ4n) is 4.61. The number of benzene rings is 2. The predicted molar refractivity (Wildman–Crippen MR) is 127 cm³/mol. The van der Waals surface area contributed by atoms with Crippen molar-refractivity contribution < 1.29 is 18.8 Å². The number of likely N-dealkylation sites (tertiary alicyclic amines) is 1. The quantitative estimate of drug-likeness (QED) is 0.707. The van der Waals surface area contributed by atoms with Gasteiger partial charge in [-0.2, -0.15) is 0 Å². The zero-order chi connectivity index (χ0) is 24.2. The summed E-state index contributed by atoms with van der Waals surface area (Å²) < 4.78 is 13.1. The standard InChI is InChI=1S/C26H31FN4O3/c1-3-17(2)24(32)31-15-19-7-5-4-6-18(19)14-23(31)25(33)30-13-12-22(16-30)29-26(34)28-21-10-8-20(27)9-11-21/h4-11,17,22-23H,3,12-16H2,1-2H3,(H2,28,29,34). The number of anilines is 1. The minimum Gasteiger partial charge on any atom is -0.339 e. The molecule has 2 aliphatic rings. The van der Waals surface area contributed by atoms with Gasteiger partial charge < -0.3 is 20.4 Å². The van der Waals surface area contributed by atoms with Crippen LogP contribution in [0.25, 0.3) is 0 Å². The highest BCUT2D eigenvalue weighted by Gasteiger charge is 2.39. The van der Waals surface area contributed by atoms with E-state index in [1.165, 1.54) is 24.3 Å². The van der Waals surface area contributed by atoms with Gasteiger partial charge in [0.15, 0.2) is 0 Å². The molecule has 2 aromatic carbocycles. The van der Waals surface area contributed by atoms with Gasteiger partial charge in [-0.1, -0.05) is 38.1 Å². The number of rotatable bonds is 5. The van der Waals surface area contributed by atoms with Crippen molar-refractivity contribution in [2.24, 2.45) is 5.92 Å². The van der Waals surface area contributed by atoms with Gasteiger partial charge >= 0.3 is 6.03 Å². The molecule has 4 amide bonds. The molecule has 0 spiro atoms. The second-order valence-corrected chi connectivity index (χ2v) is 9.14. The number of nitrogens with zero attached hydrogens (tertiary/aromatic N) is 2. The lowest BCUT2D eigenvalue weighted by atomic mass is 9.91. The molecule has 2 N–H and O–H groups in total. The van der Waals surface area contributed by atoms with Crippen LogP contribution in [0.3, 0.4) is 0 Å². The zero-order valence-corrected chi connectivity index (χ0v) is 19.6. The maximum atomic E-state index is 13.6. The smallest absolute Gasteiger partial charge is 0.319 e. The molecule has 7 nitrogen and oxygen atoms in total. The van der Waals surface area contributed by atoms with E-state index in [0.29, 0.717) is 38.2 Å². The predicted octanol–water partition coefficient (Wildman–Crippen LogP) is 3.55. The van der Waals surface area contributed by atoms with Crippen molar-refractivity contribution in [3.8, 4) is 0 Å². The number of nitrogens with one attached hydrogen (secondary N) is 2. The highest BCUT2D eigenvalue weighted by Crippen LogP contribution is 2.27. The number of hydrogen-bond acceptors (Lipinski definition) is 3. The maximum Gasteiger partial charge on any atom is 0.319 e. The first kappa shape index (κ1) is 23.7. The summed E-state index contributed by atoms with van der Waals surface area (Å²) >= 11 is 0. The molecule has 8 heteroatoms. The van der Waals surface area contributed by atoms with Crippen molar-refractivity contribution in [2.45, 2.75) is 51.7 Å². The van der Waals surface area contributed by atoms with Crippen molar-refractivity contribution in [1.82, 2.24) is 15.1 Å². The molecule has 180 valence electrons. The van der Waals surface area contributed by atoms with Crippen LogP contribution in [-0.2, 0) is 22.6 Å². The van der Waals surface area contributed by atoms with E-state index in [1.807, 2.05) is 38.1 Å². The molecule has 2 aliphatic heterocycles. The van der Waals surface area contributed by atoms with Crippen LogP contribution in [0, 0.1) is 11.7 Å². The van der Waals surface area contributed by atoms with E-state index in [9.17, 15) is 18.8 Å². The molecule has 0 aromatic heterocycles. The minimum absolute atomic E-state index is 0.00269. The number of urea groups is 1. The number of carbonyl (C=O) groups excluding carboxylic acids is 3. The Morgan fingerprint density at radius 3 is 2.50 bits per heavy atom. The fourth-order valence-corrected chi connectivity index (χ4v) is 4.61. The number of hydrogen-bond donors (Lipinski definition) is 2. The second-order valence-electron chi connectivity index (χ2n) is 9.14. The van der Waals surface area contributed by atoms with Gasteiger partial charge in [0, 0.05) is 43.7 Å². The molecular weight excluding hydrogens is 435 g/mol. The van der Waals surface area contributed by atoms with Crippen molar-refractivity contribution in [2.75, 3.05) is 18.4 Å². The van der Waals surface area contributed by atoms with Crippen molar-refractivity contribution >= 4 is 23.5 Å². The molecule has 2 heterocycles. The van der Waals surface area contributed by atoms with Crippen LogP contribution >= 0.6 is 0 Å². The second kappa shape index (κ2) is 10.2. The van der Waals surface area contributed by atoms with Crippen LogP contribution < -0.4 is 10.6 Å². The number of carbonyl (C=O) groups is 3. The Morgan fingerprint density at radius 2 is 1.79 bits per heavy atom. The first-order valence-corrected chi connectivity index (χ1v) is 11.8. The number of fused-ring (bicyclic) bond motifs is 1. The van der Waals surface area contributed by atoms with Gasteiger partial charge in [0.1, 0.15) is 11.9 Å². The summed E-state index contributed by atoms with van der Waals surface area (Å²) in [6.07, 6.45) is 1.85. The summed E-state index contributed by atoms with van der Waals surface area (Å²) in [7, 11) is 0. The van der Waals surface area contributed by atoms with Crippen LogP contribution in [0.2, 0.25) is 0 Å². The average Bonchev–Trinajstić information content (AvgIpc) is 3.31. The molecule has 3 atom stereocenters. The maximum absolute atomic E-state index is 13.6. The molecule has 3 unspecified atom stereocenters. The van der Waals surface area contributed by atoms with E-state index in [1.54, 1.807) is 9.80 Å². The molecule has 0 bridgehead atoms. The first-order valence-electron chi connectivity index (χ1n) is 11.8. The van der Waals surface area contributed by atoms with Crippen LogP contribution in [0.15, 0.2) is 48.5 Å². The lowest BCUT2D eigenvalue weighted by molar-refractivity contribution is -0.148. The van der Waals surface area contributed by atoms with E-state index in [-0.39, 0.29) is 29.6 Å². The summed E-state index contributed by atoms with van der Waals surface area (Å²) in [5, 5.41) is 5.57. The van der Waals surface area contributed by atoms with E-state index < -0.39 is 12.1 Å². The molecule has 1 fully saturated rings. The van der Waals surface area contributed by atoms with Crippen molar-refractivity contribution in [1.29, 1.82) is 0 Å². The van der Waals surface area contributed by atoms with Gasteiger partial charge in [-0.3, -0.25) is 9.59 Å². The third kappa shape index (κ3) is 5.21. The summed E-state index contributed by atoms with van der Waals surface area (Å²) in [6.45, 7) is 5.22. The summed E-state index contributed by atoms with van der Waals surface area (Å²) in [6, 6.07) is 12.4. The van der Waals surface area contributed by atoms with Gasteiger partial charge in [0.05, 0.1) is 0 Å². The monoisotopic (exact) mass is 466 g/mol. The highest BCUT2D eigenvalue weighted by atomic mass is 19.1. The Balaban J connectivity index is 1.41. The van der Waals surface area contributed by atoms with Gasteiger partial charge in [0.25, 0.3) is 0 Å². The molecule has 0 aliphatic carbocycles. The Bertz CT molecular complexity index is 1060. The van der Waals surface area contributed by atoms with Gasteiger partial charge in [0.2, 0.25) is 11.8 Å². The molecule has 0 saturated carbocycles. The summed E-state index contributed by atoms with van der Waals surface area (Å²) in [5.74, 6) is -0.594. The summed E-state index contributed by atoms with van der Waals surface area (Å²) in [5.41, 5.74) is 2.67. The lowest BCUT2D eigenvalue weighted by Gasteiger charge is -2.39. The van der Waals surface area contributed by atoms with Gasteiger partial charge in [-0.15, -0.1) is 0 Å². The van der Waals surface area contributed by atoms with Crippen LogP contribution in [0.4, 0.5) is 14.9 Å². The lowest BCUT2D eigenvalue weighted by Crippen LogP contribution is -2.54. The molecular formula is C26H31FN4O3. The molecule has 0 radical (unpaired) electrons. The molecule has 1 saturated heterocycles. The normalized spacial score (nSPS) is 20.4. The van der Waals surface area contributed by atoms with Gasteiger partial charge in [-0.05, 0) is 48.2 Å². The van der Waals surface area contributed by atoms with Crippen LogP contribution in [-0.4, -0.2) is 52.8 Å². The first-order chi connectivity index (χ1) is 16.4. The fraction of sp³-hybridized carbons (Fsp3) is 0.423. The van der Waals surface area contributed by atoms with E-state index >= 15 is 0 Å². The third-order valence-corrected chi connectivity index (χ3v) is 6.79. The number of halogens is 1. The average molecular weight is 467 g/mol. The highest BCUT2D eigenvalue weighted by molar-refractivity contribution is 5.91. The van der Waals surface area contributed by atoms with Crippen molar-refractivity contribution in [3.05, 3.63) is 65.5 Å². The minimum atomic E-state index is -0.539. The van der Waals surface area contributed by atoms with E-state index in [4.69, 9.17) is 0 Å². The summed E-state index contributed by atoms with van der Waals surface area (Å²) in [4.78, 5) is 42.5. The molecule has 4 rings (SSSR count). The Kier molecular flexibility index (Phi) is 7.14. The topological polar surface area (TPSA) is 81.8 Å². The van der Waals surface area contributed by atoms with Crippen molar-refractivity contribution in [3.63, 3.8) is 0 Å². The molecule has 34 heavy (non-hydrogen) atoms.